The Hall–Kier alpha value is -2.03. The van der Waals surface area contributed by atoms with Crippen LogP contribution < -0.4 is 0 Å². The molecule has 0 spiro atoms. The van der Waals surface area contributed by atoms with Crippen molar-refractivity contribution in [2.45, 2.75) is 13.5 Å². The molecule has 3 heteroatoms. The predicted octanol–water partition coefficient (Wildman–Crippen LogP) is 2.61. The quantitative estimate of drug-likeness (QED) is 0.785. The van der Waals surface area contributed by atoms with E-state index >= 15 is 0 Å². The van der Waals surface area contributed by atoms with Gasteiger partial charge in [-0.05, 0) is 23.1 Å². The number of fused-ring (bicyclic) bond motifs is 1. The van der Waals surface area contributed by atoms with Gasteiger partial charge in [0.15, 0.2) is 0 Å². The van der Waals surface area contributed by atoms with Gasteiger partial charge < -0.3 is 9.84 Å². The second-order valence-corrected chi connectivity index (χ2v) is 3.62. The highest BCUT2D eigenvalue weighted by Crippen LogP contribution is 2.26. The van der Waals surface area contributed by atoms with E-state index in [1.807, 2.05) is 30.3 Å². The number of benzene rings is 2. The minimum Gasteiger partial charge on any atom is -0.507 e. The summed E-state index contributed by atoms with van der Waals surface area (Å²) in [5.74, 6) is -0.118. The first-order valence-corrected chi connectivity index (χ1v) is 5.01. The summed E-state index contributed by atoms with van der Waals surface area (Å²) in [5, 5.41) is 11.5. The highest BCUT2D eigenvalue weighted by Gasteiger charge is 2.03. The molecule has 0 aromatic heterocycles. The molecule has 1 N–H and O–H groups in total. The Morgan fingerprint density at radius 3 is 2.81 bits per heavy atom. The van der Waals surface area contributed by atoms with Gasteiger partial charge in [-0.2, -0.15) is 0 Å². The molecule has 0 bridgehead atoms. The number of carbonyl (C=O) groups is 1. The normalized spacial score (nSPS) is 10.3. The van der Waals surface area contributed by atoms with Gasteiger partial charge in [0.2, 0.25) is 0 Å². The molecule has 0 saturated carbocycles. The zero-order valence-electron chi connectivity index (χ0n) is 8.93. The first-order valence-electron chi connectivity index (χ1n) is 5.01. The first kappa shape index (κ1) is 10.5. The minimum absolute atomic E-state index is 0.188. The lowest BCUT2D eigenvalue weighted by Gasteiger charge is -2.06. The van der Waals surface area contributed by atoms with Gasteiger partial charge in [0.1, 0.15) is 12.4 Å². The fraction of sp³-hybridized carbons (Fsp3) is 0.154. The first-order chi connectivity index (χ1) is 7.66. The van der Waals surface area contributed by atoms with Crippen LogP contribution in [-0.2, 0) is 16.1 Å². The Kier molecular flexibility index (Phi) is 2.77. The zero-order valence-corrected chi connectivity index (χ0v) is 8.93. The molecule has 0 aliphatic rings. The number of phenols is 1. The third-order valence-electron chi connectivity index (χ3n) is 2.34. The second kappa shape index (κ2) is 4.23. The van der Waals surface area contributed by atoms with Gasteiger partial charge in [-0.25, -0.2) is 0 Å². The van der Waals surface area contributed by atoms with Gasteiger partial charge in [-0.1, -0.05) is 24.3 Å². The van der Waals surface area contributed by atoms with Crippen LogP contribution in [0, 0.1) is 0 Å². The molecule has 0 saturated heterocycles. The average molecular weight is 216 g/mol. The maximum absolute atomic E-state index is 10.7. The Bertz CT molecular complexity index is 532. The smallest absolute Gasteiger partial charge is 0.302 e. The molecule has 82 valence electrons. The standard InChI is InChI=1S/C13H12O3/c1-9(14)16-8-10-6-11-4-2-3-5-12(11)13(15)7-10/h2-7,15H,8H2,1H3. The molecule has 0 radical (unpaired) electrons. The third kappa shape index (κ3) is 2.14. The van der Waals surface area contributed by atoms with E-state index in [2.05, 4.69) is 0 Å². The highest BCUT2D eigenvalue weighted by atomic mass is 16.5. The van der Waals surface area contributed by atoms with Crippen molar-refractivity contribution in [1.29, 1.82) is 0 Å². The van der Waals surface area contributed by atoms with E-state index < -0.39 is 0 Å². The SMILES string of the molecule is CC(=O)OCc1cc(O)c2ccccc2c1. The number of rotatable bonds is 2. The molecule has 0 atom stereocenters. The van der Waals surface area contributed by atoms with Crippen LogP contribution in [0.25, 0.3) is 10.8 Å². The molecule has 2 aromatic rings. The van der Waals surface area contributed by atoms with Crippen molar-refractivity contribution in [2.24, 2.45) is 0 Å². The topological polar surface area (TPSA) is 46.5 Å². The highest BCUT2D eigenvalue weighted by molar-refractivity contribution is 5.88. The van der Waals surface area contributed by atoms with Gasteiger partial charge >= 0.3 is 5.97 Å². The molecule has 0 amide bonds. The Balaban J connectivity index is 2.38. The molecule has 2 rings (SSSR count). The van der Waals surface area contributed by atoms with Crippen LogP contribution in [0.1, 0.15) is 12.5 Å². The molecule has 16 heavy (non-hydrogen) atoms. The van der Waals surface area contributed by atoms with E-state index in [9.17, 15) is 9.90 Å². The van der Waals surface area contributed by atoms with Crippen LogP contribution in [0.2, 0.25) is 0 Å². The van der Waals surface area contributed by atoms with E-state index in [-0.39, 0.29) is 18.3 Å². The Labute approximate surface area is 93.3 Å². The fourth-order valence-corrected chi connectivity index (χ4v) is 1.62. The summed E-state index contributed by atoms with van der Waals surface area (Å²) in [6.45, 7) is 1.55. The second-order valence-electron chi connectivity index (χ2n) is 3.62. The Morgan fingerprint density at radius 2 is 2.06 bits per heavy atom. The van der Waals surface area contributed by atoms with Crippen molar-refractivity contribution in [2.75, 3.05) is 0 Å². The van der Waals surface area contributed by atoms with Crippen molar-refractivity contribution in [3.8, 4) is 5.75 Å². The summed E-state index contributed by atoms with van der Waals surface area (Å²) in [6.07, 6.45) is 0. The summed E-state index contributed by atoms with van der Waals surface area (Å²) in [6, 6.07) is 11.0. The molecule has 0 fully saturated rings. The van der Waals surface area contributed by atoms with Crippen molar-refractivity contribution < 1.29 is 14.6 Å². The molecule has 2 aromatic carbocycles. The fourth-order valence-electron chi connectivity index (χ4n) is 1.62. The molecule has 0 aliphatic heterocycles. The number of esters is 1. The van der Waals surface area contributed by atoms with Crippen LogP contribution in [-0.4, -0.2) is 11.1 Å². The van der Waals surface area contributed by atoms with Gasteiger partial charge in [-0.15, -0.1) is 0 Å². The maximum atomic E-state index is 10.7. The number of phenolic OH excluding ortho intramolecular Hbond substituents is 1. The van der Waals surface area contributed by atoms with Gasteiger partial charge in [0, 0.05) is 12.3 Å². The lowest BCUT2D eigenvalue weighted by atomic mass is 10.1. The van der Waals surface area contributed by atoms with Crippen LogP contribution in [0.3, 0.4) is 0 Å². The van der Waals surface area contributed by atoms with E-state index in [1.54, 1.807) is 6.07 Å². The summed E-state index contributed by atoms with van der Waals surface area (Å²) < 4.78 is 4.88. The molecular weight excluding hydrogens is 204 g/mol. The maximum Gasteiger partial charge on any atom is 0.302 e. The number of ether oxygens (including phenoxy) is 1. The lowest BCUT2D eigenvalue weighted by molar-refractivity contribution is -0.142. The van der Waals surface area contributed by atoms with Crippen molar-refractivity contribution in [1.82, 2.24) is 0 Å². The predicted molar refractivity (Wildman–Crippen MR) is 61.1 cm³/mol. The molecule has 0 aliphatic carbocycles. The lowest BCUT2D eigenvalue weighted by Crippen LogP contribution is -1.98. The van der Waals surface area contributed by atoms with E-state index in [1.165, 1.54) is 6.92 Å². The molecular formula is C13H12O3. The van der Waals surface area contributed by atoms with Crippen LogP contribution in [0.4, 0.5) is 0 Å². The number of hydrogen-bond donors (Lipinski definition) is 1. The average Bonchev–Trinajstić information content (AvgIpc) is 2.26. The van der Waals surface area contributed by atoms with Gasteiger partial charge in [-0.3, -0.25) is 4.79 Å². The molecule has 0 unspecified atom stereocenters. The number of aromatic hydroxyl groups is 1. The summed E-state index contributed by atoms with van der Waals surface area (Å²) in [7, 11) is 0. The number of carbonyl (C=O) groups excluding carboxylic acids is 1. The minimum atomic E-state index is -0.326. The Morgan fingerprint density at radius 1 is 1.31 bits per heavy atom. The summed E-state index contributed by atoms with van der Waals surface area (Å²) >= 11 is 0. The monoisotopic (exact) mass is 216 g/mol. The van der Waals surface area contributed by atoms with E-state index in [0.29, 0.717) is 0 Å². The summed E-state index contributed by atoms with van der Waals surface area (Å²) in [4.78, 5) is 10.7. The van der Waals surface area contributed by atoms with Gasteiger partial charge in [0.05, 0.1) is 0 Å². The van der Waals surface area contributed by atoms with Gasteiger partial charge in [0.25, 0.3) is 0 Å². The summed E-state index contributed by atoms with van der Waals surface area (Å²) in [5.41, 5.74) is 0.784. The largest absolute Gasteiger partial charge is 0.507 e. The van der Waals surface area contributed by atoms with Crippen molar-refractivity contribution >= 4 is 16.7 Å². The van der Waals surface area contributed by atoms with Crippen LogP contribution in [0.15, 0.2) is 36.4 Å². The van der Waals surface area contributed by atoms with Crippen LogP contribution in [0.5, 0.6) is 5.75 Å². The van der Waals surface area contributed by atoms with E-state index in [0.717, 1.165) is 16.3 Å². The zero-order chi connectivity index (χ0) is 11.5. The third-order valence-corrected chi connectivity index (χ3v) is 2.34. The van der Waals surface area contributed by atoms with Crippen molar-refractivity contribution in [3.63, 3.8) is 0 Å². The number of hydrogen-bond acceptors (Lipinski definition) is 3. The molecule has 3 nitrogen and oxygen atoms in total. The van der Waals surface area contributed by atoms with E-state index in [4.69, 9.17) is 4.74 Å². The van der Waals surface area contributed by atoms with Crippen molar-refractivity contribution in [3.05, 3.63) is 42.0 Å². The van der Waals surface area contributed by atoms with Crippen LogP contribution >= 0.6 is 0 Å². The molecule has 0 heterocycles.